The topological polar surface area (TPSA) is 68.0 Å². The highest BCUT2D eigenvalue weighted by Gasteiger charge is 2.09. The normalized spacial score (nSPS) is 10.3. The van der Waals surface area contributed by atoms with Gasteiger partial charge in [0.2, 0.25) is 5.91 Å². The molecule has 0 unspecified atom stereocenters. The number of amides is 1. The molecule has 0 aromatic carbocycles. The van der Waals surface area contributed by atoms with Gasteiger partial charge in [0.15, 0.2) is 5.82 Å². The number of hydrogen-bond donors (Lipinski definition) is 1. The molecule has 0 aliphatic rings. The van der Waals surface area contributed by atoms with Gasteiger partial charge in [0.25, 0.3) is 5.89 Å². The number of nitrogens with one attached hydrogen (secondary N) is 1. The molecule has 0 bridgehead atoms. The first-order valence-electron chi connectivity index (χ1n) is 4.48. The molecule has 0 spiro atoms. The van der Waals surface area contributed by atoms with Gasteiger partial charge in [0, 0.05) is 0 Å². The number of aromatic nitrogens is 2. The van der Waals surface area contributed by atoms with Crippen molar-refractivity contribution in [3.8, 4) is 10.8 Å². The van der Waals surface area contributed by atoms with E-state index in [1.165, 1.54) is 11.3 Å². The number of thiophene rings is 1. The Labute approximate surface area is 104 Å². The van der Waals surface area contributed by atoms with E-state index in [4.69, 9.17) is 4.52 Å². The van der Waals surface area contributed by atoms with Gasteiger partial charge < -0.3 is 9.84 Å². The number of alkyl halides is 1. The molecule has 2 aromatic heterocycles. The van der Waals surface area contributed by atoms with Crippen LogP contribution in [0.5, 0.6) is 0 Å². The fourth-order valence-electron chi connectivity index (χ4n) is 1.05. The zero-order valence-corrected chi connectivity index (χ0v) is 10.5. The van der Waals surface area contributed by atoms with Crippen LogP contribution in [0.3, 0.4) is 0 Å². The molecule has 1 N–H and O–H groups in total. The first-order chi connectivity index (χ1) is 7.79. The summed E-state index contributed by atoms with van der Waals surface area (Å²) >= 11 is 4.58. The maximum atomic E-state index is 11.0. The summed E-state index contributed by atoms with van der Waals surface area (Å²) in [6.45, 7) is 0.277. The number of rotatable bonds is 4. The van der Waals surface area contributed by atoms with E-state index in [-0.39, 0.29) is 17.8 Å². The Morgan fingerprint density at radius 1 is 1.62 bits per heavy atom. The summed E-state index contributed by atoms with van der Waals surface area (Å²) in [5.74, 6) is 0.846. The summed E-state index contributed by atoms with van der Waals surface area (Å²) in [4.78, 5) is 16.1. The molecule has 0 saturated carbocycles. The third-order valence-electron chi connectivity index (χ3n) is 1.77. The Bertz CT molecular complexity index is 469. The summed E-state index contributed by atoms with van der Waals surface area (Å²) in [7, 11) is 0. The lowest BCUT2D eigenvalue weighted by Gasteiger charge is -1.96. The monoisotopic (exact) mass is 301 g/mol. The van der Waals surface area contributed by atoms with E-state index < -0.39 is 0 Å². The maximum absolute atomic E-state index is 11.0. The number of nitrogens with zero attached hydrogens (tertiary/aromatic N) is 2. The second kappa shape index (κ2) is 5.22. The molecule has 16 heavy (non-hydrogen) atoms. The third kappa shape index (κ3) is 2.67. The van der Waals surface area contributed by atoms with Crippen LogP contribution >= 0.6 is 27.3 Å². The molecule has 0 aliphatic carbocycles. The smallest absolute Gasteiger partial charge is 0.268 e. The van der Waals surface area contributed by atoms with Crippen LogP contribution in [0.25, 0.3) is 10.8 Å². The van der Waals surface area contributed by atoms with Crippen molar-refractivity contribution in [3.05, 3.63) is 23.3 Å². The van der Waals surface area contributed by atoms with Crippen molar-refractivity contribution < 1.29 is 9.32 Å². The summed E-state index contributed by atoms with van der Waals surface area (Å²) in [6, 6.07) is 3.81. The largest absolute Gasteiger partial charge is 0.348 e. The number of carbonyl (C=O) groups is 1. The Hall–Kier alpha value is -1.21. The van der Waals surface area contributed by atoms with Gasteiger partial charge in [-0.1, -0.05) is 27.2 Å². The Balaban J connectivity index is 2.00. The van der Waals surface area contributed by atoms with Crippen molar-refractivity contribution in [2.45, 2.75) is 6.54 Å². The van der Waals surface area contributed by atoms with Gasteiger partial charge in [-0.15, -0.1) is 11.3 Å². The molecule has 0 saturated heterocycles. The molecule has 0 fully saturated rings. The second-order valence-corrected chi connectivity index (χ2v) is 4.41. The van der Waals surface area contributed by atoms with E-state index in [9.17, 15) is 4.79 Å². The number of carbonyl (C=O) groups excluding carboxylic acids is 1. The molecule has 2 aromatic rings. The highest BCUT2D eigenvalue weighted by atomic mass is 79.9. The van der Waals surface area contributed by atoms with Gasteiger partial charge in [-0.3, -0.25) is 4.79 Å². The summed E-state index contributed by atoms with van der Waals surface area (Å²) in [5, 5.41) is 8.61. The molecule has 2 rings (SSSR count). The first kappa shape index (κ1) is 11.3. The molecular weight excluding hydrogens is 294 g/mol. The van der Waals surface area contributed by atoms with Crippen LogP contribution in [0.4, 0.5) is 0 Å². The Morgan fingerprint density at radius 3 is 3.19 bits per heavy atom. The van der Waals surface area contributed by atoms with Crippen LogP contribution in [0.1, 0.15) is 5.82 Å². The fourth-order valence-corrected chi connectivity index (χ4v) is 1.89. The average Bonchev–Trinajstić information content (AvgIpc) is 2.95. The quantitative estimate of drug-likeness (QED) is 0.875. The second-order valence-electron chi connectivity index (χ2n) is 2.90. The molecule has 1 amide bonds. The molecular formula is C9H8BrN3O2S. The van der Waals surface area contributed by atoms with Crippen LogP contribution in [-0.2, 0) is 11.3 Å². The van der Waals surface area contributed by atoms with Gasteiger partial charge in [0.1, 0.15) is 0 Å². The fraction of sp³-hybridized carbons (Fsp3) is 0.222. The summed E-state index contributed by atoms with van der Waals surface area (Å²) < 4.78 is 5.06. The molecule has 7 heteroatoms. The van der Waals surface area contributed by atoms with Gasteiger partial charge in [0.05, 0.1) is 16.8 Å². The number of halogens is 1. The lowest BCUT2D eigenvalue weighted by Crippen LogP contribution is -2.24. The van der Waals surface area contributed by atoms with E-state index in [1.54, 1.807) is 0 Å². The Morgan fingerprint density at radius 2 is 2.50 bits per heavy atom. The predicted molar refractivity (Wildman–Crippen MR) is 63.3 cm³/mol. The SMILES string of the molecule is O=C(CBr)NCc1noc(-c2cccs2)n1. The summed E-state index contributed by atoms with van der Waals surface area (Å²) in [5.41, 5.74) is 0. The molecule has 0 aliphatic heterocycles. The van der Waals surface area contributed by atoms with E-state index in [0.29, 0.717) is 11.7 Å². The van der Waals surface area contributed by atoms with E-state index in [0.717, 1.165) is 4.88 Å². The van der Waals surface area contributed by atoms with Gasteiger partial charge in [-0.05, 0) is 11.4 Å². The van der Waals surface area contributed by atoms with Crippen molar-refractivity contribution >= 4 is 33.2 Å². The van der Waals surface area contributed by atoms with Crippen molar-refractivity contribution in [2.75, 3.05) is 5.33 Å². The minimum absolute atomic E-state index is 0.109. The van der Waals surface area contributed by atoms with Crippen molar-refractivity contribution in [1.29, 1.82) is 0 Å². The maximum Gasteiger partial charge on any atom is 0.268 e. The molecule has 5 nitrogen and oxygen atoms in total. The van der Waals surface area contributed by atoms with Crippen molar-refractivity contribution in [1.82, 2.24) is 15.5 Å². The van der Waals surface area contributed by atoms with Crippen LogP contribution in [0, 0.1) is 0 Å². The van der Waals surface area contributed by atoms with Crippen LogP contribution in [0.15, 0.2) is 22.0 Å². The zero-order chi connectivity index (χ0) is 11.4. The molecule has 0 radical (unpaired) electrons. The zero-order valence-electron chi connectivity index (χ0n) is 8.14. The lowest BCUT2D eigenvalue weighted by molar-refractivity contribution is -0.118. The molecule has 84 valence electrons. The van der Waals surface area contributed by atoms with Crippen LogP contribution < -0.4 is 5.32 Å². The van der Waals surface area contributed by atoms with E-state index in [1.807, 2.05) is 17.5 Å². The van der Waals surface area contributed by atoms with Crippen molar-refractivity contribution in [2.24, 2.45) is 0 Å². The van der Waals surface area contributed by atoms with Gasteiger partial charge in [-0.25, -0.2) is 0 Å². The minimum atomic E-state index is -0.109. The Kier molecular flexibility index (Phi) is 3.68. The summed E-state index contributed by atoms with van der Waals surface area (Å²) in [6.07, 6.45) is 0. The van der Waals surface area contributed by atoms with E-state index in [2.05, 4.69) is 31.4 Å². The van der Waals surface area contributed by atoms with Gasteiger partial charge >= 0.3 is 0 Å². The first-order valence-corrected chi connectivity index (χ1v) is 6.49. The van der Waals surface area contributed by atoms with E-state index >= 15 is 0 Å². The third-order valence-corrected chi connectivity index (χ3v) is 3.13. The predicted octanol–water partition coefficient (Wildman–Crippen LogP) is 1.81. The lowest BCUT2D eigenvalue weighted by atomic mass is 10.5. The van der Waals surface area contributed by atoms with Crippen LogP contribution in [-0.4, -0.2) is 21.4 Å². The van der Waals surface area contributed by atoms with Gasteiger partial charge in [-0.2, -0.15) is 4.98 Å². The van der Waals surface area contributed by atoms with Crippen LogP contribution in [0.2, 0.25) is 0 Å². The molecule has 2 heterocycles. The molecule has 0 atom stereocenters. The highest BCUT2D eigenvalue weighted by Crippen LogP contribution is 2.22. The minimum Gasteiger partial charge on any atom is -0.348 e. The highest BCUT2D eigenvalue weighted by molar-refractivity contribution is 9.09. The van der Waals surface area contributed by atoms with Crippen molar-refractivity contribution in [3.63, 3.8) is 0 Å². The standard InChI is InChI=1S/C9H8BrN3O2S/c10-4-8(14)11-5-7-12-9(15-13-7)6-2-1-3-16-6/h1-3H,4-5H2,(H,11,14). The average molecular weight is 302 g/mol. The number of hydrogen-bond acceptors (Lipinski definition) is 5.